The number of aromatic nitrogens is 3. The Morgan fingerprint density at radius 3 is 3.00 bits per heavy atom. The van der Waals surface area contributed by atoms with Crippen LogP contribution in [0.25, 0.3) is 5.65 Å². The highest BCUT2D eigenvalue weighted by molar-refractivity contribution is 5.82. The molecule has 2 saturated carbocycles. The summed E-state index contributed by atoms with van der Waals surface area (Å²) in [4.78, 5) is 16.3. The van der Waals surface area contributed by atoms with Crippen LogP contribution < -0.4 is 5.32 Å². The van der Waals surface area contributed by atoms with Crippen molar-refractivity contribution >= 4 is 11.6 Å². The monoisotopic (exact) mass is 256 g/mol. The van der Waals surface area contributed by atoms with E-state index in [9.17, 15) is 4.79 Å². The summed E-state index contributed by atoms with van der Waals surface area (Å²) in [5, 5.41) is 7.26. The zero-order valence-corrected chi connectivity index (χ0v) is 10.6. The summed E-state index contributed by atoms with van der Waals surface area (Å²) < 4.78 is 1.77. The van der Waals surface area contributed by atoms with Gasteiger partial charge in [-0.2, -0.15) is 5.10 Å². The largest absolute Gasteiger partial charge is 0.350 e. The summed E-state index contributed by atoms with van der Waals surface area (Å²) in [5.74, 6) is 1.83. The highest BCUT2D eigenvalue weighted by Gasteiger charge is 2.56. The highest BCUT2D eigenvalue weighted by Crippen LogP contribution is 2.57. The minimum Gasteiger partial charge on any atom is -0.350 e. The Kier molecular flexibility index (Phi) is 2.33. The maximum atomic E-state index is 12.1. The van der Waals surface area contributed by atoms with E-state index in [0.29, 0.717) is 18.4 Å². The molecule has 0 spiro atoms. The number of hydrogen-bond acceptors (Lipinski definition) is 3. The molecule has 0 aromatic carbocycles. The lowest BCUT2D eigenvalue weighted by Crippen LogP contribution is -2.27. The third-order valence-corrected chi connectivity index (χ3v) is 4.52. The lowest BCUT2D eigenvalue weighted by atomic mass is 10.1. The van der Waals surface area contributed by atoms with Crippen LogP contribution in [0.4, 0.5) is 0 Å². The first-order valence-electron chi connectivity index (χ1n) is 6.90. The molecule has 0 aliphatic heterocycles. The maximum Gasteiger partial charge on any atom is 0.224 e. The zero-order valence-electron chi connectivity index (χ0n) is 10.6. The van der Waals surface area contributed by atoms with E-state index >= 15 is 0 Å². The molecule has 5 nitrogen and oxygen atoms in total. The minimum absolute atomic E-state index is 0.215. The van der Waals surface area contributed by atoms with Crippen LogP contribution in [0.3, 0.4) is 0 Å². The number of rotatable bonds is 3. The van der Waals surface area contributed by atoms with Gasteiger partial charge in [0, 0.05) is 18.2 Å². The first kappa shape index (κ1) is 11.0. The summed E-state index contributed by atoms with van der Waals surface area (Å²) in [6.45, 7) is 0.523. The number of carbonyl (C=O) groups is 1. The van der Waals surface area contributed by atoms with E-state index in [2.05, 4.69) is 15.4 Å². The summed E-state index contributed by atoms with van der Waals surface area (Å²) in [5.41, 5.74) is 1.78. The molecule has 4 rings (SSSR count). The van der Waals surface area contributed by atoms with Crippen molar-refractivity contribution in [3.8, 4) is 0 Å². The van der Waals surface area contributed by atoms with Crippen molar-refractivity contribution in [3.05, 3.63) is 30.2 Å². The minimum atomic E-state index is 0.215. The van der Waals surface area contributed by atoms with Crippen molar-refractivity contribution in [2.75, 3.05) is 0 Å². The molecule has 5 heteroatoms. The van der Waals surface area contributed by atoms with Gasteiger partial charge in [0.05, 0.1) is 18.4 Å². The van der Waals surface area contributed by atoms with Crippen molar-refractivity contribution in [3.63, 3.8) is 0 Å². The fraction of sp³-hybridized carbons (Fsp3) is 0.500. The van der Waals surface area contributed by atoms with Gasteiger partial charge in [0.2, 0.25) is 5.91 Å². The Bertz CT molecular complexity index is 625. The molecule has 0 radical (unpaired) electrons. The molecule has 1 amide bonds. The number of nitrogens with zero attached hydrogens (tertiary/aromatic N) is 3. The van der Waals surface area contributed by atoms with E-state index in [0.717, 1.165) is 11.3 Å². The topological polar surface area (TPSA) is 59.3 Å². The third-order valence-electron chi connectivity index (χ3n) is 4.52. The Morgan fingerprint density at radius 2 is 2.16 bits per heavy atom. The number of hydrogen-bond donors (Lipinski definition) is 1. The molecule has 2 aliphatic rings. The molecule has 0 bridgehead atoms. The van der Waals surface area contributed by atoms with E-state index in [4.69, 9.17) is 0 Å². The first-order chi connectivity index (χ1) is 9.34. The molecule has 0 saturated heterocycles. The summed E-state index contributed by atoms with van der Waals surface area (Å²) in [6, 6.07) is 3.75. The van der Waals surface area contributed by atoms with E-state index < -0.39 is 0 Å². The van der Waals surface area contributed by atoms with Gasteiger partial charge in [0.15, 0.2) is 5.65 Å². The Balaban J connectivity index is 1.45. The van der Waals surface area contributed by atoms with E-state index in [1.807, 2.05) is 12.1 Å². The summed E-state index contributed by atoms with van der Waals surface area (Å²) in [7, 11) is 0. The number of nitrogens with one attached hydrogen (secondary N) is 1. The molecular weight excluding hydrogens is 240 g/mol. The number of fused-ring (bicyclic) bond motifs is 2. The lowest BCUT2D eigenvalue weighted by molar-refractivity contribution is -0.123. The van der Waals surface area contributed by atoms with Gasteiger partial charge in [-0.1, -0.05) is 6.42 Å². The molecular formula is C14H16N4O. The number of amides is 1. The van der Waals surface area contributed by atoms with Crippen molar-refractivity contribution in [1.29, 1.82) is 0 Å². The second-order valence-electron chi connectivity index (χ2n) is 5.54. The predicted molar refractivity (Wildman–Crippen MR) is 69.2 cm³/mol. The Morgan fingerprint density at radius 1 is 1.32 bits per heavy atom. The van der Waals surface area contributed by atoms with Gasteiger partial charge in [-0.05, 0) is 30.7 Å². The zero-order chi connectivity index (χ0) is 12.8. The van der Waals surface area contributed by atoms with Gasteiger partial charge >= 0.3 is 0 Å². The molecule has 2 aromatic heterocycles. The van der Waals surface area contributed by atoms with Crippen molar-refractivity contribution in [1.82, 2.24) is 19.9 Å². The predicted octanol–water partition coefficient (Wildman–Crippen LogP) is 1.39. The summed E-state index contributed by atoms with van der Waals surface area (Å²) >= 11 is 0. The van der Waals surface area contributed by atoms with Crippen molar-refractivity contribution < 1.29 is 4.79 Å². The van der Waals surface area contributed by atoms with Crippen molar-refractivity contribution in [2.24, 2.45) is 17.8 Å². The molecule has 1 N–H and O–H groups in total. The van der Waals surface area contributed by atoms with Crippen LogP contribution in [0.15, 0.2) is 24.5 Å². The normalized spacial score (nSPS) is 28.3. The van der Waals surface area contributed by atoms with Crippen LogP contribution in [0.5, 0.6) is 0 Å². The standard InChI is InChI=1S/C14H16N4O/c19-14(13-10-2-1-3-11(10)13)16-8-9-4-6-15-12-5-7-17-18(9)12/h4-7,10-11,13H,1-3,8H2,(H,16,19). The molecule has 19 heavy (non-hydrogen) atoms. The van der Waals surface area contributed by atoms with Gasteiger partial charge in [-0.15, -0.1) is 0 Å². The van der Waals surface area contributed by atoms with Gasteiger partial charge in [-0.25, -0.2) is 9.50 Å². The average Bonchev–Trinajstić information content (AvgIpc) is 2.86. The fourth-order valence-corrected chi connectivity index (χ4v) is 3.53. The van der Waals surface area contributed by atoms with Crippen LogP contribution in [0, 0.1) is 17.8 Å². The summed E-state index contributed by atoms with van der Waals surface area (Å²) in [6.07, 6.45) is 7.25. The van der Waals surface area contributed by atoms with Crippen LogP contribution in [-0.2, 0) is 11.3 Å². The van der Waals surface area contributed by atoms with Crippen LogP contribution in [-0.4, -0.2) is 20.5 Å². The molecule has 2 fully saturated rings. The number of carbonyl (C=O) groups excluding carboxylic acids is 1. The molecule has 2 atom stereocenters. The van der Waals surface area contributed by atoms with Crippen LogP contribution in [0.1, 0.15) is 25.0 Å². The van der Waals surface area contributed by atoms with Gasteiger partial charge in [0.25, 0.3) is 0 Å². The third kappa shape index (κ3) is 1.72. The quantitative estimate of drug-likeness (QED) is 0.902. The smallest absolute Gasteiger partial charge is 0.224 e. The lowest BCUT2D eigenvalue weighted by Gasteiger charge is -2.08. The second-order valence-corrected chi connectivity index (χ2v) is 5.54. The maximum absolute atomic E-state index is 12.1. The molecule has 2 heterocycles. The van der Waals surface area contributed by atoms with Crippen LogP contribution >= 0.6 is 0 Å². The SMILES string of the molecule is O=C(NCc1ccnc2ccnn12)C1C2CCCC21. The Hall–Kier alpha value is -1.91. The van der Waals surface area contributed by atoms with E-state index in [-0.39, 0.29) is 11.8 Å². The Labute approximate surface area is 111 Å². The van der Waals surface area contributed by atoms with Gasteiger partial charge in [0.1, 0.15) is 0 Å². The molecule has 2 unspecified atom stereocenters. The van der Waals surface area contributed by atoms with E-state index in [1.54, 1.807) is 16.9 Å². The highest BCUT2D eigenvalue weighted by atomic mass is 16.2. The first-order valence-corrected chi connectivity index (χ1v) is 6.90. The molecule has 2 aliphatic carbocycles. The van der Waals surface area contributed by atoms with E-state index in [1.165, 1.54) is 19.3 Å². The average molecular weight is 256 g/mol. The van der Waals surface area contributed by atoms with Gasteiger partial charge < -0.3 is 5.32 Å². The van der Waals surface area contributed by atoms with Crippen molar-refractivity contribution in [2.45, 2.75) is 25.8 Å². The van der Waals surface area contributed by atoms with Crippen LogP contribution in [0.2, 0.25) is 0 Å². The second kappa shape index (κ2) is 4.05. The molecule has 98 valence electrons. The van der Waals surface area contributed by atoms with Gasteiger partial charge in [-0.3, -0.25) is 4.79 Å². The molecule has 2 aromatic rings. The fourth-order valence-electron chi connectivity index (χ4n) is 3.53.